The van der Waals surface area contributed by atoms with Crippen LogP contribution < -0.4 is 14.8 Å². The second-order valence-corrected chi connectivity index (χ2v) is 10.6. The monoisotopic (exact) mass is 432 g/mol. The predicted molar refractivity (Wildman–Crippen MR) is 116 cm³/mol. The van der Waals surface area contributed by atoms with Gasteiger partial charge in [-0.3, -0.25) is 0 Å². The van der Waals surface area contributed by atoms with Gasteiger partial charge in [0.15, 0.2) is 0 Å². The summed E-state index contributed by atoms with van der Waals surface area (Å²) in [5.74, 6) is 0.972. The molecule has 4 nitrogen and oxygen atoms in total. The molecule has 1 aliphatic heterocycles. The van der Waals surface area contributed by atoms with E-state index >= 15 is 0 Å². The van der Waals surface area contributed by atoms with Gasteiger partial charge in [-0.2, -0.15) is 0 Å². The Hall–Kier alpha value is -0.590. The van der Waals surface area contributed by atoms with Gasteiger partial charge in [-0.1, -0.05) is 35.9 Å². The van der Waals surface area contributed by atoms with Crippen LogP contribution in [0.3, 0.4) is 0 Å². The number of hydrogen-bond donors (Lipinski definition) is 2. The molecule has 1 aliphatic rings. The van der Waals surface area contributed by atoms with Crippen LogP contribution in [0.5, 0.6) is 5.75 Å². The zero-order chi connectivity index (χ0) is 20.0. The predicted octanol–water partition coefficient (Wildman–Crippen LogP) is 5.04. The Morgan fingerprint density at radius 1 is 1.33 bits per heavy atom. The van der Waals surface area contributed by atoms with Gasteiger partial charge in [0.2, 0.25) is 0 Å². The second kappa shape index (κ2) is 10.3. The maximum Gasteiger partial charge on any atom is 0.126 e. The summed E-state index contributed by atoms with van der Waals surface area (Å²) >= 11 is 12.6. The Balaban J connectivity index is 2.46. The summed E-state index contributed by atoms with van der Waals surface area (Å²) in [6.07, 6.45) is 4.79. The molecule has 2 N–H and O–H groups in total. The lowest BCUT2D eigenvalue weighted by molar-refractivity contribution is 0.330. The van der Waals surface area contributed by atoms with Crippen molar-refractivity contribution in [1.82, 2.24) is 10.0 Å². The number of benzene rings is 1. The summed E-state index contributed by atoms with van der Waals surface area (Å²) in [7, 11) is -1.22. The van der Waals surface area contributed by atoms with Gasteiger partial charge >= 0.3 is 0 Å². The van der Waals surface area contributed by atoms with E-state index < -0.39 is 11.0 Å². The lowest BCUT2D eigenvalue weighted by atomic mass is 9.87. The number of rotatable bonds is 7. The highest BCUT2D eigenvalue weighted by molar-refractivity contribution is 7.84. The summed E-state index contributed by atoms with van der Waals surface area (Å²) < 4.78 is 21.8. The van der Waals surface area contributed by atoms with Crippen LogP contribution in [-0.4, -0.2) is 28.7 Å². The highest BCUT2D eigenvalue weighted by Crippen LogP contribution is 2.40. The highest BCUT2D eigenvalue weighted by atomic mass is 35.5. The van der Waals surface area contributed by atoms with Crippen molar-refractivity contribution in [3.05, 3.63) is 40.4 Å². The maximum atomic E-state index is 12.9. The molecule has 27 heavy (non-hydrogen) atoms. The third-order valence-corrected chi connectivity index (χ3v) is 6.93. The topological polar surface area (TPSA) is 50.4 Å². The lowest BCUT2D eigenvalue weighted by Gasteiger charge is -2.31. The largest absolute Gasteiger partial charge is 0.489 e. The molecule has 0 aliphatic carbocycles. The van der Waals surface area contributed by atoms with Crippen molar-refractivity contribution in [2.24, 2.45) is 5.92 Å². The first-order valence-corrected chi connectivity index (χ1v) is 11.3. The molecule has 7 heteroatoms. The standard InChI is InChI=1S/C20H30Cl2N2O2S/c1-5-11-26-18-13-17(22)16(21)12-15(18)19(24-27(25)20(2,3)4)14-7-6-9-23-10-8-14/h5,12-14,19,23-24H,1,6-11H2,2-4H3/t14?,19-,27?/m1/s1. The SMILES string of the molecule is C=CCOc1cc(Cl)c(Cl)cc1[C@H](NS(=O)C(C)(C)C)C1CCCNCC1. The minimum Gasteiger partial charge on any atom is -0.489 e. The van der Waals surface area contributed by atoms with E-state index in [-0.39, 0.29) is 10.8 Å². The van der Waals surface area contributed by atoms with Gasteiger partial charge in [-0.25, -0.2) is 8.93 Å². The molecule has 3 atom stereocenters. The smallest absolute Gasteiger partial charge is 0.126 e. The number of halogens is 2. The third-order valence-electron chi connectivity index (χ3n) is 4.63. The van der Waals surface area contributed by atoms with Gasteiger partial charge in [-0.05, 0) is 65.1 Å². The number of ether oxygens (including phenoxy) is 1. The van der Waals surface area contributed by atoms with Gasteiger partial charge in [-0.15, -0.1) is 0 Å². The quantitative estimate of drug-likeness (QED) is 0.593. The molecular formula is C20H30Cl2N2O2S. The number of nitrogens with one attached hydrogen (secondary N) is 2. The van der Waals surface area contributed by atoms with Gasteiger partial charge in [0.25, 0.3) is 0 Å². The first-order chi connectivity index (χ1) is 12.7. The fraction of sp³-hybridized carbons (Fsp3) is 0.600. The summed E-state index contributed by atoms with van der Waals surface area (Å²) in [5, 5.41) is 4.35. The Morgan fingerprint density at radius 3 is 2.70 bits per heavy atom. The molecule has 2 rings (SSSR count). The summed E-state index contributed by atoms with van der Waals surface area (Å²) in [5.41, 5.74) is 0.899. The summed E-state index contributed by atoms with van der Waals surface area (Å²) in [4.78, 5) is 0. The lowest BCUT2D eigenvalue weighted by Crippen LogP contribution is -2.39. The molecule has 0 bridgehead atoms. The van der Waals surface area contributed by atoms with Crippen LogP contribution in [0.1, 0.15) is 51.6 Å². The fourth-order valence-corrected chi connectivity index (χ4v) is 4.38. The Morgan fingerprint density at radius 2 is 2.04 bits per heavy atom. The van der Waals surface area contributed by atoms with E-state index in [1.54, 1.807) is 12.1 Å². The zero-order valence-electron chi connectivity index (χ0n) is 16.3. The van der Waals surface area contributed by atoms with E-state index in [0.717, 1.165) is 37.9 Å². The molecule has 1 saturated heterocycles. The van der Waals surface area contributed by atoms with Crippen LogP contribution in [0.15, 0.2) is 24.8 Å². The molecule has 1 aromatic carbocycles. The minimum atomic E-state index is -1.22. The second-order valence-electron chi connectivity index (χ2n) is 7.82. The molecular weight excluding hydrogens is 403 g/mol. The van der Waals surface area contributed by atoms with Crippen molar-refractivity contribution in [2.45, 2.75) is 50.8 Å². The van der Waals surface area contributed by atoms with Gasteiger partial charge in [0.1, 0.15) is 12.4 Å². The van der Waals surface area contributed by atoms with Crippen molar-refractivity contribution in [1.29, 1.82) is 0 Å². The maximum absolute atomic E-state index is 12.9. The molecule has 0 saturated carbocycles. The Bertz CT molecular complexity index is 669. The molecule has 2 unspecified atom stereocenters. The summed E-state index contributed by atoms with van der Waals surface area (Å²) in [6.45, 7) is 11.9. The Labute approximate surface area is 175 Å². The van der Waals surface area contributed by atoms with E-state index in [9.17, 15) is 4.21 Å². The van der Waals surface area contributed by atoms with Crippen molar-refractivity contribution in [3.63, 3.8) is 0 Å². The highest BCUT2D eigenvalue weighted by Gasteiger charge is 2.31. The first kappa shape index (κ1) is 22.7. The van der Waals surface area contributed by atoms with Crippen molar-refractivity contribution >= 4 is 34.2 Å². The molecule has 0 amide bonds. The van der Waals surface area contributed by atoms with Gasteiger partial charge in [0, 0.05) is 11.6 Å². The molecule has 1 aromatic rings. The number of hydrogen-bond acceptors (Lipinski definition) is 3. The van der Waals surface area contributed by atoms with Crippen LogP contribution in [0, 0.1) is 5.92 Å². The van der Waals surface area contributed by atoms with E-state index in [4.69, 9.17) is 27.9 Å². The minimum absolute atomic E-state index is 0.139. The fourth-order valence-electron chi connectivity index (χ4n) is 3.15. The summed E-state index contributed by atoms with van der Waals surface area (Å²) in [6, 6.07) is 3.45. The van der Waals surface area contributed by atoms with Crippen molar-refractivity contribution in [3.8, 4) is 5.75 Å². The third kappa shape index (κ3) is 6.47. The van der Waals surface area contributed by atoms with Crippen molar-refractivity contribution in [2.75, 3.05) is 19.7 Å². The Kier molecular flexibility index (Phi) is 8.63. The average molecular weight is 433 g/mol. The molecule has 0 radical (unpaired) electrons. The van der Waals surface area contributed by atoms with E-state index in [1.165, 1.54) is 0 Å². The van der Waals surface area contributed by atoms with E-state index in [1.807, 2.05) is 26.8 Å². The van der Waals surface area contributed by atoms with Crippen molar-refractivity contribution < 1.29 is 8.95 Å². The molecule has 1 fully saturated rings. The van der Waals surface area contributed by atoms with Crippen LogP contribution >= 0.6 is 23.2 Å². The molecule has 1 heterocycles. The van der Waals surface area contributed by atoms with Gasteiger partial charge in [0.05, 0.1) is 31.8 Å². The normalized spacial score (nSPS) is 20.6. The van der Waals surface area contributed by atoms with E-state index in [0.29, 0.717) is 28.3 Å². The van der Waals surface area contributed by atoms with Crippen LogP contribution in [-0.2, 0) is 11.0 Å². The zero-order valence-corrected chi connectivity index (χ0v) is 18.6. The van der Waals surface area contributed by atoms with Crippen LogP contribution in [0.2, 0.25) is 10.0 Å². The average Bonchev–Trinajstić information content (AvgIpc) is 2.88. The molecule has 0 aromatic heterocycles. The van der Waals surface area contributed by atoms with Gasteiger partial charge < -0.3 is 10.1 Å². The first-order valence-electron chi connectivity index (χ1n) is 9.35. The van der Waals surface area contributed by atoms with Crippen LogP contribution in [0.4, 0.5) is 0 Å². The molecule has 0 spiro atoms. The van der Waals surface area contributed by atoms with E-state index in [2.05, 4.69) is 16.6 Å². The molecule has 152 valence electrons. The van der Waals surface area contributed by atoms with Crippen LogP contribution in [0.25, 0.3) is 0 Å².